The van der Waals surface area contributed by atoms with Gasteiger partial charge in [-0.2, -0.15) is 10.2 Å². The SMILES string of the molecule is C=C1C=CC=C/C1=N/N(N)c1cc(C)ccc1O. The fourth-order valence-electron chi connectivity index (χ4n) is 1.60. The van der Waals surface area contributed by atoms with Crippen LogP contribution in [0.2, 0.25) is 0 Å². The Balaban J connectivity index is 2.32. The van der Waals surface area contributed by atoms with Gasteiger partial charge in [0.05, 0.1) is 5.71 Å². The van der Waals surface area contributed by atoms with E-state index < -0.39 is 0 Å². The van der Waals surface area contributed by atoms with Gasteiger partial charge in [0.25, 0.3) is 0 Å². The Morgan fingerprint density at radius 1 is 1.28 bits per heavy atom. The molecule has 0 heterocycles. The Hall–Kier alpha value is -2.33. The summed E-state index contributed by atoms with van der Waals surface area (Å²) in [5.74, 6) is 5.94. The van der Waals surface area contributed by atoms with Crippen LogP contribution in [-0.4, -0.2) is 10.8 Å². The van der Waals surface area contributed by atoms with Crippen LogP contribution in [0.5, 0.6) is 5.75 Å². The summed E-state index contributed by atoms with van der Waals surface area (Å²) in [5.41, 5.74) is 2.90. The highest BCUT2D eigenvalue weighted by Gasteiger charge is 2.09. The van der Waals surface area contributed by atoms with E-state index in [0.29, 0.717) is 11.4 Å². The number of phenols is 1. The lowest BCUT2D eigenvalue weighted by atomic mass is 10.1. The van der Waals surface area contributed by atoms with E-state index in [1.807, 2.05) is 37.3 Å². The van der Waals surface area contributed by atoms with E-state index in [0.717, 1.165) is 16.3 Å². The molecule has 4 heteroatoms. The lowest BCUT2D eigenvalue weighted by Gasteiger charge is -2.16. The molecule has 1 aromatic rings. The zero-order valence-corrected chi connectivity index (χ0v) is 10.2. The van der Waals surface area contributed by atoms with Gasteiger partial charge in [-0.25, -0.2) is 5.84 Å². The molecule has 1 aromatic carbocycles. The molecule has 0 fully saturated rings. The molecule has 1 aliphatic rings. The topological polar surface area (TPSA) is 61.8 Å². The first-order valence-electron chi connectivity index (χ1n) is 5.55. The van der Waals surface area contributed by atoms with Crippen LogP contribution in [0.1, 0.15) is 5.56 Å². The van der Waals surface area contributed by atoms with E-state index in [-0.39, 0.29) is 5.75 Å². The van der Waals surface area contributed by atoms with Crippen molar-refractivity contribution in [1.29, 1.82) is 0 Å². The molecule has 3 N–H and O–H groups in total. The van der Waals surface area contributed by atoms with Gasteiger partial charge in [-0.15, -0.1) is 0 Å². The number of allylic oxidation sites excluding steroid dienone is 5. The number of nitrogens with two attached hydrogens (primary N) is 1. The monoisotopic (exact) mass is 241 g/mol. The van der Waals surface area contributed by atoms with Crippen LogP contribution < -0.4 is 11.0 Å². The smallest absolute Gasteiger partial charge is 0.142 e. The van der Waals surface area contributed by atoms with Crippen LogP contribution in [-0.2, 0) is 0 Å². The molecule has 0 saturated heterocycles. The van der Waals surface area contributed by atoms with Gasteiger partial charge in [0.15, 0.2) is 0 Å². The molecule has 0 amide bonds. The van der Waals surface area contributed by atoms with Gasteiger partial charge in [-0.3, -0.25) is 0 Å². The van der Waals surface area contributed by atoms with Crippen LogP contribution >= 0.6 is 0 Å². The molecule has 1 aliphatic carbocycles. The summed E-state index contributed by atoms with van der Waals surface area (Å²) in [5, 5.41) is 15.1. The minimum atomic E-state index is 0.0911. The van der Waals surface area contributed by atoms with Crippen LogP contribution in [0.15, 0.2) is 59.8 Å². The highest BCUT2D eigenvalue weighted by atomic mass is 16.3. The predicted molar refractivity (Wildman–Crippen MR) is 74.4 cm³/mol. The summed E-state index contributed by atoms with van der Waals surface area (Å²) in [4.78, 5) is 0. The number of anilines is 1. The summed E-state index contributed by atoms with van der Waals surface area (Å²) < 4.78 is 0. The van der Waals surface area contributed by atoms with Crippen molar-refractivity contribution >= 4 is 11.4 Å². The van der Waals surface area contributed by atoms with Crippen LogP contribution in [0.4, 0.5) is 5.69 Å². The van der Waals surface area contributed by atoms with E-state index in [1.54, 1.807) is 12.1 Å². The number of aromatic hydroxyl groups is 1. The first-order chi connectivity index (χ1) is 8.58. The minimum Gasteiger partial charge on any atom is -0.506 e. The summed E-state index contributed by atoms with van der Waals surface area (Å²) in [6, 6.07) is 5.17. The van der Waals surface area contributed by atoms with Crippen molar-refractivity contribution in [3.05, 3.63) is 60.2 Å². The third-order valence-electron chi connectivity index (χ3n) is 2.58. The number of phenolic OH excluding ortho intramolecular Hbond substituents is 1. The second-order valence-electron chi connectivity index (χ2n) is 4.07. The van der Waals surface area contributed by atoms with Crippen LogP contribution in [0.3, 0.4) is 0 Å². The van der Waals surface area contributed by atoms with Gasteiger partial charge in [-0.1, -0.05) is 30.9 Å². The van der Waals surface area contributed by atoms with Crippen LogP contribution in [0.25, 0.3) is 0 Å². The van der Waals surface area contributed by atoms with E-state index >= 15 is 0 Å². The average Bonchev–Trinajstić information content (AvgIpc) is 2.35. The Morgan fingerprint density at radius 2 is 2.00 bits per heavy atom. The number of benzene rings is 1. The molecule has 0 aliphatic heterocycles. The van der Waals surface area contributed by atoms with Crippen molar-refractivity contribution in [1.82, 2.24) is 0 Å². The quantitative estimate of drug-likeness (QED) is 0.617. The van der Waals surface area contributed by atoms with E-state index in [1.165, 1.54) is 0 Å². The van der Waals surface area contributed by atoms with Crippen molar-refractivity contribution in [2.45, 2.75) is 6.92 Å². The molecule has 0 aromatic heterocycles. The fourth-order valence-corrected chi connectivity index (χ4v) is 1.60. The van der Waals surface area contributed by atoms with E-state index in [9.17, 15) is 5.11 Å². The molecule has 0 spiro atoms. The van der Waals surface area contributed by atoms with Gasteiger partial charge in [0.1, 0.15) is 11.4 Å². The zero-order valence-electron chi connectivity index (χ0n) is 10.2. The first kappa shape index (κ1) is 12.1. The molecular weight excluding hydrogens is 226 g/mol. The highest BCUT2D eigenvalue weighted by molar-refractivity contribution is 6.11. The number of aryl methyl sites for hydroxylation is 1. The van der Waals surface area contributed by atoms with Gasteiger partial charge >= 0.3 is 0 Å². The van der Waals surface area contributed by atoms with Crippen LogP contribution in [0, 0.1) is 6.92 Å². The molecule has 92 valence electrons. The summed E-state index contributed by atoms with van der Waals surface area (Å²) in [6.45, 7) is 5.79. The zero-order chi connectivity index (χ0) is 13.1. The number of rotatable bonds is 2. The van der Waals surface area contributed by atoms with Gasteiger partial charge in [0.2, 0.25) is 0 Å². The Kier molecular flexibility index (Phi) is 3.30. The molecule has 18 heavy (non-hydrogen) atoms. The molecule has 0 unspecified atom stereocenters. The van der Waals surface area contributed by atoms with Gasteiger partial charge < -0.3 is 5.11 Å². The molecule has 0 radical (unpaired) electrons. The maximum atomic E-state index is 9.76. The summed E-state index contributed by atoms with van der Waals surface area (Å²) >= 11 is 0. The molecular formula is C14H15N3O. The lowest BCUT2D eigenvalue weighted by Crippen LogP contribution is -2.26. The van der Waals surface area contributed by atoms with Crippen molar-refractivity contribution in [2.75, 3.05) is 5.12 Å². The standard InChI is InChI=1S/C14H15N3O/c1-10-7-8-14(18)13(9-10)17(15)16-12-6-4-3-5-11(12)2/h3-9,18H,2,15H2,1H3/b16-12-. The molecule has 0 saturated carbocycles. The number of hydrazine groups is 1. The average molecular weight is 241 g/mol. The van der Waals surface area contributed by atoms with Crippen molar-refractivity contribution in [3.8, 4) is 5.75 Å². The molecule has 2 rings (SSSR count). The molecule has 4 nitrogen and oxygen atoms in total. The van der Waals surface area contributed by atoms with Gasteiger partial charge in [-0.05, 0) is 36.3 Å². The van der Waals surface area contributed by atoms with E-state index in [2.05, 4.69) is 11.7 Å². The van der Waals surface area contributed by atoms with Gasteiger partial charge in [0, 0.05) is 0 Å². The normalized spacial score (nSPS) is 16.3. The molecule has 0 bridgehead atoms. The van der Waals surface area contributed by atoms with Crippen molar-refractivity contribution in [3.63, 3.8) is 0 Å². The van der Waals surface area contributed by atoms with Crippen molar-refractivity contribution < 1.29 is 5.11 Å². The number of nitrogens with zero attached hydrogens (tertiary/aromatic N) is 2. The summed E-state index contributed by atoms with van der Waals surface area (Å²) in [7, 11) is 0. The maximum Gasteiger partial charge on any atom is 0.142 e. The lowest BCUT2D eigenvalue weighted by molar-refractivity contribution is 0.474. The third-order valence-corrected chi connectivity index (χ3v) is 2.58. The first-order valence-corrected chi connectivity index (χ1v) is 5.55. The van der Waals surface area contributed by atoms with Crippen molar-refractivity contribution in [2.24, 2.45) is 10.9 Å². The maximum absolute atomic E-state index is 9.76. The minimum absolute atomic E-state index is 0.0911. The second-order valence-corrected chi connectivity index (χ2v) is 4.07. The number of hydrazone groups is 1. The van der Waals surface area contributed by atoms with E-state index in [4.69, 9.17) is 5.84 Å². The third kappa shape index (κ3) is 2.49. The largest absolute Gasteiger partial charge is 0.506 e. The number of hydrogen-bond acceptors (Lipinski definition) is 4. The summed E-state index contributed by atoms with van der Waals surface area (Å²) in [6.07, 6.45) is 7.40. The predicted octanol–water partition coefficient (Wildman–Crippen LogP) is 2.42. The molecule has 0 atom stereocenters. The Bertz CT molecular complexity index is 570. The Labute approximate surface area is 106 Å². The fraction of sp³-hybridized carbons (Fsp3) is 0.0714. The highest BCUT2D eigenvalue weighted by Crippen LogP contribution is 2.26. The second kappa shape index (κ2) is 4.89. The Morgan fingerprint density at radius 3 is 2.72 bits per heavy atom. The number of hydrogen-bond donors (Lipinski definition) is 2.